The molecule has 86 valence electrons. The standard InChI is InChI=1S/C12H16N2O2/c1-8(15)14-6-5-10-9(7-14)3-4-11(13)12(10)16-2/h3-4H,5-7,13H2,1-2H3. The molecule has 0 unspecified atom stereocenters. The number of nitrogens with zero attached hydrogens (tertiary/aromatic N) is 1. The van der Waals surface area contributed by atoms with E-state index in [0.717, 1.165) is 29.8 Å². The first kappa shape index (κ1) is 10.8. The number of nitrogens with two attached hydrogens (primary N) is 1. The Bertz CT molecular complexity index is 429. The highest BCUT2D eigenvalue weighted by atomic mass is 16.5. The van der Waals surface area contributed by atoms with Crippen molar-refractivity contribution >= 4 is 11.6 Å². The number of benzene rings is 1. The first-order valence-electron chi connectivity index (χ1n) is 5.33. The number of nitrogen functional groups attached to an aromatic ring is 1. The molecule has 16 heavy (non-hydrogen) atoms. The Labute approximate surface area is 95.0 Å². The van der Waals surface area contributed by atoms with E-state index in [4.69, 9.17) is 10.5 Å². The predicted molar refractivity (Wildman–Crippen MR) is 62.2 cm³/mol. The fourth-order valence-corrected chi connectivity index (χ4v) is 2.15. The fourth-order valence-electron chi connectivity index (χ4n) is 2.15. The second kappa shape index (κ2) is 4.04. The van der Waals surface area contributed by atoms with Gasteiger partial charge in [0.05, 0.1) is 12.8 Å². The molecule has 2 N–H and O–H groups in total. The highest BCUT2D eigenvalue weighted by Gasteiger charge is 2.21. The molecule has 0 aromatic heterocycles. The summed E-state index contributed by atoms with van der Waals surface area (Å²) in [6, 6.07) is 3.81. The number of ether oxygens (including phenoxy) is 1. The van der Waals surface area contributed by atoms with E-state index in [2.05, 4.69) is 0 Å². The Balaban J connectivity index is 2.38. The van der Waals surface area contributed by atoms with Crippen LogP contribution in [0.2, 0.25) is 0 Å². The summed E-state index contributed by atoms with van der Waals surface area (Å²) in [6.45, 7) is 2.99. The summed E-state index contributed by atoms with van der Waals surface area (Å²) in [5.41, 5.74) is 8.78. The Morgan fingerprint density at radius 2 is 2.25 bits per heavy atom. The first-order valence-corrected chi connectivity index (χ1v) is 5.33. The fraction of sp³-hybridized carbons (Fsp3) is 0.417. The summed E-state index contributed by atoms with van der Waals surface area (Å²) < 4.78 is 5.31. The molecule has 4 heteroatoms. The largest absolute Gasteiger partial charge is 0.494 e. The molecule has 4 nitrogen and oxygen atoms in total. The molecule has 0 bridgehead atoms. The molecular formula is C12H16N2O2. The quantitative estimate of drug-likeness (QED) is 0.723. The van der Waals surface area contributed by atoms with Gasteiger partial charge in [-0.05, 0) is 18.1 Å². The molecule has 1 amide bonds. The minimum absolute atomic E-state index is 0.112. The summed E-state index contributed by atoms with van der Waals surface area (Å²) in [7, 11) is 1.63. The zero-order valence-electron chi connectivity index (χ0n) is 9.62. The van der Waals surface area contributed by atoms with Crippen LogP contribution in [0.15, 0.2) is 12.1 Å². The van der Waals surface area contributed by atoms with Gasteiger partial charge >= 0.3 is 0 Å². The zero-order valence-corrected chi connectivity index (χ0v) is 9.62. The van der Waals surface area contributed by atoms with Gasteiger partial charge in [-0.1, -0.05) is 6.07 Å². The summed E-state index contributed by atoms with van der Waals surface area (Å²) in [5.74, 6) is 0.877. The van der Waals surface area contributed by atoms with Crippen molar-refractivity contribution < 1.29 is 9.53 Å². The van der Waals surface area contributed by atoms with Crippen LogP contribution in [0.25, 0.3) is 0 Å². The molecule has 1 heterocycles. The number of fused-ring (bicyclic) bond motifs is 1. The smallest absolute Gasteiger partial charge is 0.219 e. The van der Waals surface area contributed by atoms with Crippen molar-refractivity contribution in [1.29, 1.82) is 0 Å². The summed E-state index contributed by atoms with van der Waals surface area (Å²) in [4.78, 5) is 13.1. The molecule has 0 atom stereocenters. The number of carbonyl (C=O) groups excluding carboxylic acids is 1. The number of methoxy groups -OCH3 is 1. The van der Waals surface area contributed by atoms with Gasteiger partial charge in [-0.15, -0.1) is 0 Å². The van der Waals surface area contributed by atoms with Crippen LogP contribution in [0.1, 0.15) is 18.1 Å². The molecule has 1 aliphatic rings. The average Bonchev–Trinajstić information content (AvgIpc) is 2.28. The van der Waals surface area contributed by atoms with Crippen LogP contribution < -0.4 is 10.5 Å². The minimum atomic E-state index is 0.112. The molecule has 0 spiro atoms. The van der Waals surface area contributed by atoms with Gasteiger partial charge in [-0.2, -0.15) is 0 Å². The van der Waals surface area contributed by atoms with Crippen molar-refractivity contribution in [1.82, 2.24) is 4.90 Å². The van der Waals surface area contributed by atoms with Crippen LogP contribution in [-0.2, 0) is 17.8 Å². The van der Waals surface area contributed by atoms with Crippen LogP contribution in [0.3, 0.4) is 0 Å². The highest BCUT2D eigenvalue weighted by molar-refractivity contribution is 5.74. The predicted octanol–water partition coefficient (Wildman–Crippen LogP) is 1.18. The summed E-state index contributed by atoms with van der Waals surface area (Å²) >= 11 is 0. The molecule has 1 aromatic rings. The van der Waals surface area contributed by atoms with E-state index in [1.54, 1.807) is 14.0 Å². The van der Waals surface area contributed by atoms with Gasteiger partial charge in [0.1, 0.15) is 5.75 Å². The van der Waals surface area contributed by atoms with Crippen molar-refractivity contribution in [3.8, 4) is 5.75 Å². The van der Waals surface area contributed by atoms with Gasteiger partial charge < -0.3 is 15.4 Å². The molecular weight excluding hydrogens is 204 g/mol. The van der Waals surface area contributed by atoms with Gasteiger partial charge in [0.15, 0.2) is 0 Å². The average molecular weight is 220 g/mol. The van der Waals surface area contributed by atoms with Gasteiger partial charge in [0, 0.05) is 25.6 Å². The minimum Gasteiger partial charge on any atom is -0.494 e. The van der Waals surface area contributed by atoms with E-state index in [-0.39, 0.29) is 5.91 Å². The molecule has 2 rings (SSSR count). The Hall–Kier alpha value is -1.71. The van der Waals surface area contributed by atoms with Gasteiger partial charge in [0.2, 0.25) is 5.91 Å². The number of amides is 1. The number of hydrogen-bond acceptors (Lipinski definition) is 3. The molecule has 0 aliphatic carbocycles. The van der Waals surface area contributed by atoms with E-state index in [1.807, 2.05) is 17.0 Å². The SMILES string of the molecule is COc1c(N)ccc2c1CCN(C(C)=O)C2. The van der Waals surface area contributed by atoms with E-state index in [0.29, 0.717) is 12.2 Å². The third kappa shape index (κ3) is 1.71. The van der Waals surface area contributed by atoms with Crippen LogP contribution >= 0.6 is 0 Å². The number of anilines is 1. The summed E-state index contributed by atoms with van der Waals surface area (Å²) in [6.07, 6.45) is 0.809. The zero-order chi connectivity index (χ0) is 11.7. The Morgan fingerprint density at radius 3 is 2.88 bits per heavy atom. The van der Waals surface area contributed by atoms with Gasteiger partial charge in [-0.3, -0.25) is 4.79 Å². The maximum atomic E-state index is 11.3. The Morgan fingerprint density at radius 1 is 1.50 bits per heavy atom. The summed E-state index contributed by atoms with van der Waals surface area (Å²) in [5, 5.41) is 0. The number of carbonyl (C=O) groups is 1. The maximum absolute atomic E-state index is 11.3. The van der Waals surface area contributed by atoms with Crippen LogP contribution in [0, 0.1) is 0 Å². The van der Waals surface area contributed by atoms with Crippen molar-refractivity contribution in [3.63, 3.8) is 0 Å². The lowest BCUT2D eigenvalue weighted by Crippen LogP contribution is -2.34. The molecule has 0 saturated carbocycles. The molecule has 0 radical (unpaired) electrons. The van der Waals surface area contributed by atoms with Crippen LogP contribution in [0.4, 0.5) is 5.69 Å². The van der Waals surface area contributed by atoms with Crippen molar-refractivity contribution in [2.75, 3.05) is 19.4 Å². The number of rotatable bonds is 1. The van der Waals surface area contributed by atoms with Crippen molar-refractivity contribution in [3.05, 3.63) is 23.3 Å². The Kier molecular flexibility index (Phi) is 2.73. The lowest BCUT2D eigenvalue weighted by Gasteiger charge is -2.29. The second-order valence-electron chi connectivity index (χ2n) is 4.02. The highest BCUT2D eigenvalue weighted by Crippen LogP contribution is 2.32. The number of hydrogen-bond donors (Lipinski definition) is 1. The monoisotopic (exact) mass is 220 g/mol. The normalized spacial score (nSPS) is 14.5. The molecule has 1 aliphatic heterocycles. The third-order valence-corrected chi connectivity index (χ3v) is 3.03. The lowest BCUT2D eigenvalue weighted by atomic mass is 9.97. The third-order valence-electron chi connectivity index (χ3n) is 3.03. The van der Waals surface area contributed by atoms with Crippen molar-refractivity contribution in [2.24, 2.45) is 0 Å². The molecule has 0 saturated heterocycles. The van der Waals surface area contributed by atoms with Gasteiger partial charge in [0.25, 0.3) is 0 Å². The maximum Gasteiger partial charge on any atom is 0.219 e. The molecule has 1 aromatic carbocycles. The van der Waals surface area contributed by atoms with Crippen LogP contribution in [0.5, 0.6) is 5.75 Å². The van der Waals surface area contributed by atoms with Gasteiger partial charge in [-0.25, -0.2) is 0 Å². The van der Waals surface area contributed by atoms with E-state index < -0.39 is 0 Å². The van der Waals surface area contributed by atoms with Crippen molar-refractivity contribution in [2.45, 2.75) is 19.9 Å². The van der Waals surface area contributed by atoms with E-state index in [1.165, 1.54) is 0 Å². The van der Waals surface area contributed by atoms with E-state index in [9.17, 15) is 4.79 Å². The lowest BCUT2D eigenvalue weighted by molar-refractivity contribution is -0.129. The second-order valence-corrected chi connectivity index (χ2v) is 4.02. The van der Waals surface area contributed by atoms with E-state index >= 15 is 0 Å². The topological polar surface area (TPSA) is 55.6 Å². The first-order chi connectivity index (χ1) is 7.63. The molecule has 0 fully saturated rings. The van der Waals surface area contributed by atoms with Crippen LogP contribution in [-0.4, -0.2) is 24.5 Å².